The van der Waals surface area contributed by atoms with Crippen molar-refractivity contribution in [3.63, 3.8) is 0 Å². The molecule has 0 bridgehead atoms. The van der Waals surface area contributed by atoms with Crippen molar-refractivity contribution >= 4 is 17.7 Å². The Hall–Kier alpha value is -2.83. The molecular formula is C18H22N2O5. The van der Waals surface area contributed by atoms with E-state index in [-0.39, 0.29) is 23.9 Å². The summed E-state index contributed by atoms with van der Waals surface area (Å²) in [5.74, 6) is -0.432. The molecule has 0 aliphatic heterocycles. The van der Waals surface area contributed by atoms with Crippen molar-refractivity contribution in [3.8, 4) is 0 Å². The van der Waals surface area contributed by atoms with E-state index in [9.17, 15) is 14.4 Å². The summed E-state index contributed by atoms with van der Waals surface area (Å²) in [7, 11) is 1.28. The van der Waals surface area contributed by atoms with E-state index in [0.29, 0.717) is 22.6 Å². The quantitative estimate of drug-likeness (QED) is 0.641. The lowest BCUT2D eigenvalue weighted by Crippen LogP contribution is -2.41. The minimum atomic E-state index is -0.707. The Morgan fingerprint density at radius 1 is 1.32 bits per heavy atom. The van der Waals surface area contributed by atoms with Crippen LogP contribution in [-0.2, 0) is 16.1 Å². The number of carbonyl (C=O) groups excluding carboxylic acids is 3. The van der Waals surface area contributed by atoms with E-state index in [1.807, 2.05) is 0 Å². The molecule has 0 unspecified atom stereocenters. The number of hydrogen-bond donors (Lipinski definition) is 1. The fraction of sp³-hybridized carbons (Fsp3) is 0.389. The average molecular weight is 346 g/mol. The van der Waals surface area contributed by atoms with Crippen molar-refractivity contribution in [1.29, 1.82) is 0 Å². The number of aromatic nitrogens is 1. The van der Waals surface area contributed by atoms with Crippen molar-refractivity contribution in [2.75, 3.05) is 7.11 Å². The molecule has 0 saturated carbocycles. The minimum Gasteiger partial charge on any atom is -0.467 e. The van der Waals surface area contributed by atoms with E-state index < -0.39 is 12.0 Å². The SMILES string of the molecule is COC(=O)c1[nH]c(C)c(C(=O)[C@H](C)N(Cc2ccco2)C(C)=O)c1C. The monoisotopic (exact) mass is 346 g/mol. The van der Waals surface area contributed by atoms with Crippen LogP contribution in [0.1, 0.15) is 51.7 Å². The van der Waals surface area contributed by atoms with E-state index in [4.69, 9.17) is 9.15 Å². The lowest BCUT2D eigenvalue weighted by atomic mass is 9.99. The number of esters is 1. The van der Waals surface area contributed by atoms with Crippen molar-refractivity contribution in [3.05, 3.63) is 46.7 Å². The summed E-state index contributed by atoms with van der Waals surface area (Å²) in [5.41, 5.74) is 1.73. The standard InChI is InChI=1S/C18H22N2O5/c1-10-15(11(2)19-16(10)18(23)24-5)17(22)12(3)20(13(4)21)9-14-7-6-8-25-14/h6-8,12,19H,9H2,1-5H3/t12-/m0/s1. The molecule has 0 aromatic carbocycles. The molecule has 0 spiro atoms. The summed E-state index contributed by atoms with van der Waals surface area (Å²) >= 11 is 0. The highest BCUT2D eigenvalue weighted by atomic mass is 16.5. The summed E-state index contributed by atoms with van der Waals surface area (Å²) in [5, 5.41) is 0. The Morgan fingerprint density at radius 3 is 2.52 bits per heavy atom. The maximum atomic E-state index is 13.0. The van der Waals surface area contributed by atoms with E-state index in [1.54, 1.807) is 32.9 Å². The Morgan fingerprint density at radius 2 is 2.00 bits per heavy atom. The molecule has 1 atom stereocenters. The first kappa shape index (κ1) is 18.5. The molecule has 1 amide bonds. The van der Waals surface area contributed by atoms with Crippen molar-refractivity contribution in [2.24, 2.45) is 0 Å². The van der Waals surface area contributed by atoms with Gasteiger partial charge in [-0.05, 0) is 38.5 Å². The number of ketones is 1. The van der Waals surface area contributed by atoms with Crippen LogP contribution in [0.25, 0.3) is 0 Å². The van der Waals surface area contributed by atoms with E-state index >= 15 is 0 Å². The van der Waals surface area contributed by atoms with Gasteiger partial charge in [0.05, 0.1) is 26.0 Å². The number of H-pyrrole nitrogens is 1. The number of Topliss-reactive ketones (excluding diaryl/α,β-unsaturated/α-hetero) is 1. The largest absolute Gasteiger partial charge is 0.467 e. The number of methoxy groups -OCH3 is 1. The summed E-state index contributed by atoms with van der Waals surface area (Å²) in [6.45, 7) is 6.66. The van der Waals surface area contributed by atoms with Crippen LogP contribution in [-0.4, -0.2) is 40.7 Å². The van der Waals surface area contributed by atoms with Gasteiger partial charge >= 0.3 is 5.97 Å². The predicted octanol–water partition coefficient (Wildman–Crippen LogP) is 2.63. The smallest absolute Gasteiger partial charge is 0.354 e. The summed E-state index contributed by atoms with van der Waals surface area (Å²) in [6.07, 6.45) is 1.52. The first-order valence-electron chi connectivity index (χ1n) is 7.89. The lowest BCUT2D eigenvalue weighted by Gasteiger charge is -2.26. The number of carbonyl (C=O) groups is 3. The molecule has 0 aliphatic carbocycles. The van der Waals surface area contributed by atoms with Gasteiger partial charge in [-0.2, -0.15) is 0 Å². The van der Waals surface area contributed by atoms with Gasteiger partial charge in [-0.3, -0.25) is 9.59 Å². The second kappa shape index (κ2) is 7.38. The number of aromatic amines is 1. The predicted molar refractivity (Wildman–Crippen MR) is 90.3 cm³/mol. The molecule has 0 fully saturated rings. The van der Waals surface area contributed by atoms with Crippen LogP contribution in [0.15, 0.2) is 22.8 Å². The number of furan rings is 1. The Bertz CT molecular complexity index is 789. The fourth-order valence-electron chi connectivity index (χ4n) is 2.87. The molecule has 1 N–H and O–H groups in total. The van der Waals surface area contributed by atoms with Gasteiger partial charge in [0.25, 0.3) is 0 Å². The fourth-order valence-corrected chi connectivity index (χ4v) is 2.87. The van der Waals surface area contributed by atoms with Gasteiger partial charge in [-0.15, -0.1) is 0 Å². The van der Waals surface area contributed by atoms with Crippen molar-refractivity contribution < 1.29 is 23.5 Å². The zero-order chi connectivity index (χ0) is 18.7. The summed E-state index contributed by atoms with van der Waals surface area (Å²) < 4.78 is 10.00. The van der Waals surface area contributed by atoms with E-state index in [2.05, 4.69) is 4.98 Å². The highest BCUT2D eigenvalue weighted by Gasteiger charge is 2.30. The van der Waals surface area contributed by atoms with Crippen LogP contribution in [0.4, 0.5) is 0 Å². The van der Waals surface area contributed by atoms with Crippen LogP contribution >= 0.6 is 0 Å². The maximum absolute atomic E-state index is 13.0. The summed E-state index contributed by atoms with van der Waals surface area (Å²) in [6, 6.07) is 2.76. The van der Waals surface area contributed by atoms with Gasteiger partial charge in [0.1, 0.15) is 11.5 Å². The third-order valence-electron chi connectivity index (χ3n) is 4.23. The molecule has 0 saturated heterocycles. The molecule has 25 heavy (non-hydrogen) atoms. The van der Waals surface area contributed by atoms with Gasteiger partial charge in [0.2, 0.25) is 5.91 Å². The van der Waals surface area contributed by atoms with Gasteiger partial charge in [0.15, 0.2) is 5.78 Å². The van der Waals surface area contributed by atoms with Gasteiger partial charge in [0, 0.05) is 18.2 Å². The maximum Gasteiger partial charge on any atom is 0.354 e. The first-order valence-corrected chi connectivity index (χ1v) is 7.89. The van der Waals surface area contributed by atoms with Gasteiger partial charge in [-0.1, -0.05) is 0 Å². The number of rotatable bonds is 6. The van der Waals surface area contributed by atoms with Crippen molar-refractivity contribution in [2.45, 2.75) is 40.3 Å². The molecule has 2 heterocycles. The molecular weight excluding hydrogens is 324 g/mol. The van der Waals surface area contributed by atoms with Crippen molar-refractivity contribution in [1.82, 2.24) is 9.88 Å². The van der Waals surface area contributed by atoms with E-state index in [0.717, 1.165) is 0 Å². The number of ether oxygens (including phenoxy) is 1. The zero-order valence-corrected chi connectivity index (χ0v) is 15.0. The number of nitrogens with one attached hydrogen (secondary N) is 1. The molecule has 2 aromatic heterocycles. The molecule has 2 rings (SSSR count). The first-order chi connectivity index (χ1) is 11.8. The van der Waals surface area contributed by atoms with Crippen LogP contribution in [0, 0.1) is 13.8 Å². The zero-order valence-electron chi connectivity index (χ0n) is 15.0. The van der Waals surface area contributed by atoms with E-state index in [1.165, 1.54) is 25.2 Å². The molecule has 134 valence electrons. The molecule has 7 heteroatoms. The highest BCUT2D eigenvalue weighted by Crippen LogP contribution is 2.22. The highest BCUT2D eigenvalue weighted by molar-refractivity contribution is 6.06. The number of hydrogen-bond acceptors (Lipinski definition) is 5. The van der Waals surface area contributed by atoms with Crippen LogP contribution < -0.4 is 0 Å². The Kier molecular flexibility index (Phi) is 5.46. The molecule has 0 radical (unpaired) electrons. The number of nitrogens with zero attached hydrogens (tertiary/aromatic N) is 1. The molecule has 7 nitrogen and oxygen atoms in total. The van der Waals surface area contributed by atoms with Crippen LogP contribution in [0.3, 0.4) is 0 Å². The lowest BCUT2D eigenvalue weighted by molar-refractivity contribution is -0.131. The molecule has 0 aliphatic rings. The average Bonchev–Trinajstić information content (AvgIpc) is 3.18. The minimum absolute atomic E-state index is 0.196. The van der Waals surface area contributed by atoms with Gasteiger partial charge < -0.3 is 19.0 Å². The normalized spacial score (nSPS) is 11.9. The number of amides is 1. The second-order valence-electron chi connectivity index (χ2n) is 5.88. The third kappa shape index (κ3) is 3.65. The Labute approximate surface area is 145 Å². The number of aryl methyl sites for hydroxylation is 1. The topological polar surface area (TPSA) is 92.6 Å². The van der Waals surface area contributed by atoms with Crippen LogP contribution in [0.5, 0.6) is 0 Å². The van der Waals surface area contributed by atoms with Crippen LogP contribution in [0.2, 0.25) is 0 Å². The summed E-state index contributed by atoms with van der Waals surface area (Å²) in [4.78, 5) is 41.2. The Balaban J connectivity index is 2.33. The molecule has 2 aromatic rings. The third-order valence-corrected chi connectivity index (χ3v) is 4.23. The van der Waals surface area contributed by atoms with Gasteiger partial charge in [-0.25, -0.2) is 4.79 Å². The second-order valence-corrected chi connectivity index (χ2v) is 5.88.